The van der Waals surface area contributed by atoms with Crippen LogP contribution in [0.2, 0.25) is 0 Å². The summed E-state index contributed by atoms with van der Waals surface area (Å²) in [6.45, 7) is 0. The zero-order chi connectivity index (χ0) is 86.0. The van der Waals surface area contributed by atoms with Crippen molar-refractivity contribution < 1.29 is 0 Å². The van der Waals surface area contributed by atoms with Crippen LogP contribution in [-0.2, 0) is 11.0 Å². The van der Waals surface area contributed by atoms with E-state index >= 15 is 0 Å². The lowest BCUT2D eigenvalue weighted by Gasteiger charge is -2.64. The molecule has 11 unspecified atom stereocenters. The molecule has 9 saturated carbocycles. The molecule has 21 aromatic rings. The molecule has 131 heavy (non-hydrogen) atoms. The molecule has 0 saturated heterocycles. The van der Waals surface area contributed by atoms with Crippen molar-refractivity contribution in [3.8, 4) is 62.2 Å². The first-order valence-corrected chi connectivity index (χ1v) is 48.1. The first-order chi connectivity index (χ1) is 64.8. The second kappa shape index (κ2) is 30.4. The molecule has 7 heterocycles. The third-order valence-corrected chi connectivity index (χ3v) is 33.3. The fourth-order valence-corrected chi connectivity index (χ4v) is 28.1. The number of rotatable bonds is 13. The Hall–Kier alpha value is -14.3. The van der Waals surface area contributed by atoms with E-state index in [1.165, 1.54) is 210 Å². The first-order valence-electron chi connectivity index (χ1n) is 48.1. The van der Waals surface area contributed by atoms with E-state index in [1.54, 1.807) is 5.56 Å². The lowest BCUT2D eigenvalue weighted by Crippen LogP contribution is -2.58. The summed E-state index contributed by atoms with van der Waals surface area (Å²) in [5.41, 5.74) is 27.8. The number of pyridine rings is 1. The summed E-state index contributed by atoms with van der Waals surface area (Å²) in [4.78, 5) is 20.0. The number of fused-ring (bicyclic) bond motifs is 13. The van der Waals surface area contributed by atoms with Crippen molar-refractivity contribution in [2.45, 2.75) is 118 Å². The van der Waals surface area contributed by atoms with Gasteiger partial charge in [0.25, 0.3) is 0 Å². The average Bonchev–Trinajstić information content (AvgIpc) is 1.57. The summed E-state index contributed by atoms with van der Waals surface area (Å²) in [5.74, 6) is 9.58. The van der Waals surface area contributed by atoms with Gasteiger partial charge >= 0.3 is 0 Å². The van der Waals surface area contributed by atoms with Crippen molar-refractivity contribution in [2.75, 3.05) is 0 Å². The molecule has 9 nitrogen and oxygen atoms in total. The summed E-state index contributed by atoms with van der Waals surface area (Å²) in [7, 11) is 0. The summed E-state index contributed by atoms with van der Waals surface area (Å²) < 4.78 is 12.1. The molecule has 634 valence electrons. The fourth-order valence-electron chi connectivity index (χ4n) is 28.1. The molecule has 9 aliphatic carbocycles. The number of para-hydroxylation sites is 7. The number of hydrogen-bond acceptors (Lipinski definition) is 4. The van der Waals surface area contributed by atoms with Gasteiger partial charge in [-0.1, -0.05) is 285 Å². The highest BCUT2D eigenvalue weighted by atomic mass is 15.1. The molecular formula is C122H101N9. The van der Waals surface area contributed by atoms with Gasteiger partial charge in [-0.3, -0.25) is 0 Å². The Bertz CT molecular complexity index is 7710. The van der Waals surface area contributed by atoms with Gasteiger partial charge in [-0.05, 0) is 266 Å². The van der Waals surface area contributed by atoms with Gasteiger partial charge in [0, 0.05) is 113 Å². The van der Waals surface area contributed by atoms with E-state index in [2.05, 4.69) is 393 Å². The van der Waals surface area contributed by atoms with Crippen molar-refractivity contribution >= 4 is 82.0 Å². The molecule has 9 aliphatic rings. The van der Waals surface area contributed by atoms with E-state index < -0.39 is 0 Å². The van der Waals surface area contributed by atoms with Crippen LogP contribution in [0.3, 0.4) is 0 Å². The molecule has 1 spiro atoms. The normalized spacial score (nSPS) is 24.2. The molecular weight excluding hydrogens is 1590 g/mol. The predicted molar refractivity (Wildman–Crippen MR) is 535 cm³/mol. The van der Waals surface area contributed by atoms with E-state index in [0.29, 0.717) is 35.0 Å². The van der Waals surface area contributed by atoms with Crippen LogP contribution in [0.5, 0.6) is 0 Å². The van der Waals surface area contributed by atoms with Crippen molar-refractivity contribution in [2.24, 2.45) is 40.9 Å². The molecule has 14 aromatic carbocycles. The van der Waals surface area contributed by atoms with Gasteiger partial charge in [-0.15, -0.1) is 0 Å². The molecule has 0 radical (unpaired) electrons. The highest BCUT2D eigenvalue weighted by Crippen LogP contribution is 2.78. The van der Waals surface area contributed by atoms with Gasteiger partial charge in [0.15, 0.2) is 11.6 Å². The SMILES string of the molecule is c1ccc(-c2cn(C34CC5CC(CC(c6ccc(-n7c8ccccc8c8ccccc87)cc6)(C5)C3)C4)c3ccccc23)cc1.c1ccc(-c2nc(-c3ccccc3)nc(C3CC45CC(c6ccc(-n7c8ccccc8c8ccccc87)cc6)C4CCC35)n2)cc1.c1ccc2c(c1)c1ccccc1n2-c1ccc(C2CC3CC2CC3c2ccc(-c3cn4ccccc4n3)cc2)cc1. The van der Waals surface area contributed by atoms with Gasteiger partial charge in [-0.25, -0.2) is 19.9 Å². The Kier molecular flexibility index (Phi) is 17.8. The number of imidazole rings is 1. The Morgan fingerprint density at radius 3 is 1.15 bits per heavy atom. The van der Waals surface area contributed by atoms with Crippen molar-refractivity contribution in [1.29, 1.82) is 0 Å². The predicted octanol–water partition coefficient (Wildman–Crippen LogP) is 30.0. The van der Waals surface area contributed by atoms with E-state index in [-0.39, 0.29) is 11.0 Å². The Morgan fingerprint density at radius 2 is 0.679 bits per heavy atom. The Labute approximate surface area is 763 Å². The van der Waals surface area contributed by atoms with Crippen LogP contribution in [0.25, 0.3) is 144 Å². The number of hydrogen-bond donors (Lipinski definition) is 0. The van der Waals surface area contributed by atoms with Gasteiger partial charge in [0.1, 0.15) is 11.5 Å². The molecule has 0 amide bonds. The average molecular weight is 1690 g/mol. The molecule has 9 fully saturated rings. The maximum atomic E-state index is 5.12. The number of nitrogens with zero attached hydrogens (tertiary/aromatic N) is 9. The van der Waals surface area contributed by atoms with E-state index in [0.717, 1.165) is 69.5 Å². The minimum atomic E-state index is 0.183. The zero-order valence-electron chi connectivity index (χ0n) is 73.5. The van der Waals surface area contributed by atoms with Gasteiger partial charge in [0.05, 0.1) is 38.8 Å². The lowest BCUT2D eigenvalue weighted by molar-refractivity contribution is -0.104. The minimum Gasteiger partial charge on any atom is -0.341 e. The summed E-state index contributed by atoms with van der Waals surface area (Å²) in [6, 6.07) is 138. The summed E-state index contributed by atoms with van der Waals surface area (Å²) in [5, 5.41) is 9.29. The van der Waals surface area contributed by atoms with Crippen LogP contribution in [-0.4, -0.2) is 42.6 Å². The standard InChI is InChI=1S/C42H34N4.C42H36N2.C38H31N3/c1-3-11-28(12-4-1)39-43-40(29-13-5-2-6-14-29)45-41(44-39)34-26-42-25-33(35(42)23-24-36(34)42)27-19-21-30(22-20-27)46-37-17-9-7-15-31(37)32-16-8-10-18-38(32)46;1-2-10-31(11-3-1)37-27-43(38-15-7-4-14-36(37)38)42-25-29-22-30(26-42)24-41(23-29,28-42)32-18-20-33(21-19-32)44-39-16-8-5-12-34(39)35-13-6-9-17-40(35)44;1-3-9-36-31(7-1)32-8-2-4-10-37(32)41(36)30-18-16-26(17-19-30)34-23-28-21-29(34)22-33(28)25-12-14-27(15-13-25)35-24-40-20-6-5-11-38(40)39-35/h1-22,33-36H,23-26H2;1-21,27,29-30H,22-26,28H2;1-20,24,28-29,33-34H,21-23H2. The largest absolute Gasteiger partial charge is 0.341 e. The number of aromatic nitrogens is 9. The second-order valence-electron chi connectivity index (χ2n) is 40.0. The van der Waals surface area contributed by atoms with Crippen molar-refractivity contribution in [3.63, 3.8) is 0 Å². The van der Waals surface area contributed by atoms with Gasteiger partial charge in [0.2, 0.25) is 0 Å². The van der Waals surface area contributed by atoms with E-state index in [1.807, 2.05) is 24.3 Å². The van der Waals surface area contributed by atoms with E-state index in [9.17, 15) is 0 Å². The molecule has 9 heteroatoms. The molecule has 7 aromatic heterocycles. The first kappa shape index (κ1) is 76.7. The Morgan fingerprint density at radius 1 is 0.282 bits per heavy atom. The smallest absolute Gasteiger partial charge is 0.163 e. The highest BCUT2D eigenvalue weighted by Gasteiger charge is 2.70. The van der Waals surface area contributed by atoms with Crippen molar-refractivity contribution in [1.82, 2.24) is 42.6 Å². The van der Waals surface area contributed by atoms with E-state index in [4.69, 9.17) is 19.9 Å². The lowest BCUT2D eigenvalue weighted by atomic mass is 9.40. The maximum Gasteiger partial charge on any atom is 0.163 e. The van der Waals surface area contributed by atoms with Gasteiger partial charge < -0.3 is 22.7 Å². The quantitative estimate of drug-likeness (QED) is 0.115. The number of benzene rings is 14. The van der Waals surface area contributed by atoms with Crippen LogP contribution in [0.1, 0.15) is 135 Å². The third kappa shape index (κ3) is 12.4. The fraction of sp³-hybridized carbons (Fsp3) is 0.213. The third-order valence-electron chi connectivity index (χ3n) is 33.3. The second-order valence-corrected chi connectivity index (χ2v) is 40.0. The molecule has 11 atom stereocenters. The molecule has 0 aliphatic heterocycles. The summed E-state index contributed by atoms with van der Waals surface area (Å²) >= 11 is 0. The van der Waals surface area contributed by atoms with Crippen LogP contribution >= 0.6 is 0 Å². The highest BCUT2D eigenvalue weighted by molar-refractivity contribution is 6.11. The van der Waals surface area contributed by atoms with Crippen LogP contribution in [0.4, 0.5) is 0 Å². The molecule has 30 rings (SSSR count). The van der Waals surface area contributed by atoms with Crippen molar-refractivity contribution in [3.05, 3.63) is 423 Å². The molecule has 6 bridgehead atoms. The molecule has 0 N–H and O–H groups in total. The summed E-state index contributed by atoms with van der Waals surface area (Å²) in [6.07, 6.45) is 23.7. The Balaban J connectivity index is 0.000000101. The van der Waals surface area contributed by atoms with Crippen LogP contribution < -0.4 is 0 Å². The zero-order valence-corrected chi connectivity index (χ0v) is 73.5. The minimum absolute atomic E-state index is 0.183. The topological polar surface area (TPSA) is 75.7 Å². The van der Waals surface area contributed by atoms with Crippen LogP contribution in [0.15, 0.2) is 395 Å². The van der Waals surface area contributed by atoms with Crippen LogP contribution in [0, 0.1) is 40.9 Å². The van der Waals surface area contributed by atoms with Gasteiger partial charge in [-0.2, -0.15) is 0 Å². The monoisotopic (exact) mass is 1690 g/mol. The maximum absolute atomic E-state index is 5.12.